The molecule has 0 bridgehead atoms. The molecular weight excluding hydrogens is 280 g/mol. The van der Waals surface area contributed by atoms with E-state index in [1.807, 2.05) is 6.92 Å². The number of nitrogens with one attached hydrogen (secondary N) is 1. The van der Waals surface area contributed by atoms with E-state index in [1.54, 1.807) is 12.3 Å². The van der Waals surface area contributed by atoms with Crippen molar-refractivity contribution in [3.8, 4) is 0 Å². The van der Waals surface area contributed by atoms with Crippen LogP contribution < -0.4 is 10.5 Å². The highest BCUT2D eigenvalue weighted by molar-refractivity contribution is 7.89. The Morgan fingerprint density at radius 1 is 1.30 bits per heavy atom. The lowest BCUT2D eigenvalue weighted by atomic mass is 10.3. The minimum Gasteiger partial charge on any atom is -0.444 e. The minimum absolute atomic E-state index is 0.0113. The lowest BCUT2D eigenvalue weighted by Crippen LogP contribution is -2.24. The third-order valence-corrected chi connectivity index (χ3v) is 3.99. The Morgan fingerprint density at radius 2 is 2.10 bits per heavy atom. The van der Waals surface area contributed by atoms with Crippen molar-refractivity contribution < 1.29 is 12.8 Å². The normalized spacial score (nSPS) is 11.7. The first-order valence-electron chi connectivity index (χ1n) is 6.13. The van der Waals surface area contributed by atoms with Gasteiger partial charge in [0, 0.05) is 19.2 Å². The van der Waals surface area contributed by atoms with Gasteiger partial charge in [0.15, 0.2) is 5.03 Å². The van der Waals surface area contributed by atoms with Gasteiger partial charge in [-0.15, -0.1) is 0 Å². The minimum atomic E-state index is -3.68. The molecule has 0 aromatic carbocycles. The predicted octanol–water partition coefficient (Wildman–Crippen LogP) is 0.569. The van der Waals surface area contributed by atoms with Crippen LogP contribution in [-0.2, 0) is 29.5 Å². The van der Waals surface area contributed by atoms with Gasteiger partial charge >= 0.3 is 0 Å². The van der Waals surface area contributed by atoms with Crippen LogP contribution in [0, 0.1) is 0 Å². The summed E-state index contributed by atoms with van der Waals surface area (Å²) in [5.74, 6) is 1.04. The van der Waals surface area contributed by atoms with Gasteiger partial charge in [-0.25, -0.2) is 23.1 Å². The van der Waals surface area contributed by atoms with E-state index in [4.69, 9.17) is 10.2 Å². The van der Waals surface area contributed by atoms with Crippen molar-refractivity contribution in [1.82, 2.24) is 14.7 Å². The quantitative estimate of drug-likeness (QED) is 0.806. The molecular formula is C12H16N4O3S. The fourth-order valence-corrected chi connectivity index (χ4v) is 2.41. The second-order valence-corrected chi connectivity index (χ2v) is 5.82. The second kappa shape index (κ2) is 6.12. The van der Waals surface area contributed by atoms with Crippen molar-refractivity contribution in [1.29, 1.82) is 0 Å². The molecule has 0 atom stereocenters. The van der Waals surface area contributed by atoms with Crippen molar-refractivity contribution in [2.45, 2.75) is 31.5 Å². The number of hydrogen-bond donors (Lipinski definition) is 2. The van der Waals surface area contributed by atoms with Gasteiger partial charge in [0.05, 0.1) is 12.7 Å². The number of aryl methyl sites for hydroxylation is 1. The van der Waals surface area contributed by atoms with Gasteiger partial charge in [0.2, 0.25) is 5.89 Å². The van der Waals surface area contributed by atoms with E-state index >= 15 is 0 Å². The first-order chi connectivity index (χ1) is 9.55. The van der Waals surface area contributed by atoms with Gasteiger partial charge in [-0.3, -0.25) is 0 Å². The lowest BCUT2D eigenvalue weighted by Gasteiger charge is -2.04. The zero-order valence-electron chi connectivity index (χ0n) is 11.0. The van der Waals surface area contributed by atoms with Crippen LogP contribution in [0.3, 0.4) is 0 Å². The van der Waals surface area contributed by atoms with Crippen LogP contribution in [0.5, 0.6) is 0 Å². The molecule has 0 saturated heterocycles. The van der Waals surface area contributed by atoms with Crippen LogP contribution in [-0.4, -0.2) is 18.4 Å². The third-order valence-electron chi connectivity index (χ3n) is 2.67. The van der Waals surface area contributed by atoms with E-state index in [0.29, 0.717) is 24.6 Å². The average molecular weight is 296 g/mol. The van der Waals surface area contributed by atoms with Crippen LogP contribution in [0.15, 0.2) is 34.0 Å². The largest absolute Gasteiger partial charge is 0.444 e. The highest BCUT2D eigenvalue weighted by Crippen LogP contribution is 2.08. The van der Waals surface area contributed by atoms with E-state index in [1.165, 1.54) is 12.3 Å². The standard InChI is InChI=1S/C12H16N4O3S/c1-2-10-7-14-11(19-10)8-16-20(17,18)12-4-3-9(5-13)6-15-12/h3-4,6-7,16H,2,5,8,13H2,1H3. The molecule has 0 radical (unpaired) electrons. The highest BCUT2D eigenvalue weighted by Gasteiger charge is 2.16. The molecule has 8 heteroatoms. The van der Waals surface area contributed by atoms with Crippen LogP contribution in [0.1, 0.15) is 24.1 Å². The van der Waals surface area contributed by atoms with Crippen LogP contribution >= 0.6 is 0 Å². The molecule has 20 heavy (non-hydrogen) atoms. The Labute approximate surface area is 117 Å². The molecule has 3 N–H and O–H groups in total. The molecule has 0 saturated carbocycles. The van der Waals surface area contributed by atoms with Crippen LogP contribution in [0.4, 0.5) is 0 Å². The number of nitrogens with two attached hydrogens (primary N) is 1. The molecule has 2 heterocycles. The number of oxazole rings is 1. The van der Waals surface area contributed by atoms with Gasteiger partial charge < -0.3 is 10.2 Å². The lowest BCUT2D eigenvalue weighted by molar-refractivity contribution is 0.452. The zero-order chi connectivity index (χ0) is 14.6. The van der Waals surface area contributed by atoms with Gasteiger partial charge in [0.25, 0.3) is 10.0 Å². The number of sulfonamides is 1. The van der Waals surface area contributed by atoms with E-state index in [9.17, 15) is 8.42 Å². The second-order valence-electron chi connectivity index (χ2n) is 4.11. The summed E-state index contributed by atoms with van der Waals surface area (Å²) in [5, 5.41) is -0.0584. The molecule has 0 aliphatic carbocycles. The van der Waals surface area contributed by atoms with Crippen molar-refractivity contribution in [2.24, 2.45) is 5.73 Å². The molecule has 0 aliphatic rings. The molecule has 0 amide bonds. The van der Waals surface area contributed by atoms with E-state index < -0.39 is 10.0 Å². The fraction of sp³-hybridized carbons (Fsp3) is 0.333. The fourth-order valence-electron chi connectivity index (χ4n) is 1.51. The summed E-state index contributed by atoms with van der Waals surface area (Å²) in [7, 11) is -3.68. The highest BCUT2D eigenvalue weighted by atomic mass is 32.2. The molecule has 0 spiro atoms. The Hall–Kier alpha value is -1.77. The summed E-state index contributed by atoms with van der Waals surface area (Å²) in [6.07, 6.45) is 3.73. The number of rotatable bonds is 6. The molecule has 0 fully saturated rings. The van der Waals surface area contributed by atoms with Gasteiger partial charge in [-0.1, -0.05) is 13.0 Å². The molecule has 0 aliphatic heterocycles. The molecule has 7 nitrogen and oxygen atoms in total. The van der Waals surface area contributed by atoms with Gasteiger partial charge in [-0.2, -0.15) is 0 Å². The maximum Gasteiger partial charge on any atom is 0.258 e. The maximum atomic E-state index is 12.0. The molecule has 0 unspecified atom stereocenters. The molecule has 108 valence electrons. The molecule has 2 aromatic rings. The Morgan fingerprint density at radius 3 is 2.65 bits per heavy atom. The topological polar surface area (TPSA) is 111 Å². The van der Waals surface area contributed by atoms with Crippen molar-refractivity contribution in [3.63, 3.8) is 0 Å². The molecule has 2 rings (SSSR count). The summed E-state index contributed by atoms with van der Waals surface area (Å²) < 4.78 is 31.7. The van der Waals surface area contributed by atoms with Gasteiger partial charge in [-0.05, 0) is 11.6 Å². The third kappa shape index (κ3) is 3.41. The monoisotopic (exact) mass is 296 g/mol. The summed E-state index contributed by atoms with van der Waals surface area (Å²) in [6, 6.07) is 3.04. The summed E-state index contributed by atoms with van der Waals surface area (Å²) in [6.45, 7) is 2.23. The number of aromatic nitrogens is 2. The Balaban J connectivity index is 2.06. The van der Waals surface area contributed by atoms with Crippen LogP contribution in [0.2, 0.25) is 0 Å². The van der Waals surface area contributed by atoms with Crippen molar-refractivity contribution >= 4 is 10.0 Å². The number of pyridine rings is 1. The maximum absolute atomic E-state index is 12.0. The van der Waals surface area contributed by atoms with Crippen LogP contribution in [0.25, 0.3) is 0 Å². The summed E-state index contributed by atoms with van der Waals surface area (Å²) in [5.41, 5.74) is 6.20. The zero-order valence-corrected chi connectivity index (χ0v) is 11.9. The van der Waals surface area contributed by atoms with Crippen molar-refractivity contribution in [2.75, 3.05) is 0 Å². The predicted molar refractivity (Wildman–Crippen MR) is 72.0 cm³/mol. The number of nitrogens with zero attached hydrogens (tertiary/aromatic N) is 2. The van der Waals surface area contributed by atoms with E-state index in [0.717, 1.165) is 5.56 Å². The number of hydrogen-bond acceptors (Lipinski definition) is 6. The summed E-state index contributed by atoms with van der Waals surface area (Å²) in [4.78, 5) is 7.85. The average Bonchev–Trinajstić information content (AvgIpc) is 2.93. The molecule has 2 aromatic heterocycles. The van der Waals surface area contributed by atoms with Crippen molar-refractivity contribution in [3.05, 3.63) is 41.7 Å². The first-order valence-corrected chi connectivity index (χ1v) is 7.61. The first kappa shape index (κ1) is 14.6. The Bertz CT molecular complexity index is 664. The smallest absolute Gasteiger partial charge is 0.258 e. The Kier molecular flexibility index (Phi) is 4.48. The SMILES string of the molecule is CCc1cnc(CNS(=O)(=O)c2ccc(CN)cn2)o1. The van der Waals surface area contributed by atoms with Gasteiger partial charge in [0.1, 0.15) is 5.76 Å². The summed E-state index contributed by atoms with van der Waals surface area (Å²) >= 11 is 0. The van der Waals surface area contributed by atoms with E-state index in [2.05, 4.69) is 14.7 Å². The van der Waals surface area contributed by atoms with E-state index in [-0.39, 0.29) is 11.6 Å².